The van der Waals surface area contributed by atoms with Gasteiger partial charge in [0.05, 0.1) is 11.6 Å². The quantitative estimate of drug-likeness (QED) is 0.758. The molecule has 1 N–H and O–H groups in total. The molecule has 0 radical (unpaired) electrons. The van der Waals surface area contributed by atoms with E-state index in [4.69, 9.17) is 10.00 Å². The fourth-order valence-corrected chi connectivity index (χ4v) is 4.28. The van der Waals surface area contributed by atoms with Crippen LogP contribution in [-0.2, 0) is 22.6 Å². The number of nitriles is 1. The second kappa shape index (κ2) is 9.57. The van der Waals surface area contributed by atoms with Crippen molar-refractivity contribution in [3.05, 3.63) is 51.7 Å². The summed E-state index contributed by atoms with van der Waals surface area (Å²) in [6.07, 6.45) is 1.45. The van der Waals surface area contributed by atoms with Crippen molar-refractivity contribution < 1.29 is 14.3 Å². The maximum Gasteiger partial charge on any atom is 0.261 e. The lowest BCUT2D eigenvalue weighted by molar-refractivity contribution is -0.139. The minimum absolute atomic E-state index is 0.0456. The van der Waals surface area contributed by atoms with E-state index in [0.717, 1.165) is 12.8 Å². The van der Waals surface area contributed by atoms with Gasteiger partial charge in [-0.15, -0.1) is 11.3 Å². The van der Waals surface area contributed by atoms with Gasteiger partial charge in [0.1, 0.15) is 11.8 Å². The maximum absolute atomic E-state index is 13.1. The Kier molecular flexibility index (Phi) is 6.89. The Balaban J connectivity index is 1.62. The largest absolute Gasteiger partial charge is 0.481 e. The highest BCUT2D eigenvalue weighted by Gasteiger charge is 2.29. The molecule has 0 bridgehead atoms. The lowest BCUT2D eigenvalue weighted by atomic mass is 10.1. The normalized spacial score (nSPS) is 15.0. The summed E-state index contributed by atoms with van der Waals surface area (Å²) in [5.41, 5.74) is 1.66. The molecule has 0 saturated heterocycles. The number of hydrogen-bond donors (Lipinski definition) is 1. The number of thiophene rings is 1. The summed E-state index contributed by atoms with van der Waals surface area (Å²) >= 11 is 1.73. The summed E-state index contributed by atoms with van der Waals surface area (Å²) in [7, 11) is 0. The highest BCUT2D eigenvalue weighted by atomic mass is 32.1. The van der Waals surface area contributed by atoms with Crippen LogP contribution < -0.4 is 10.1 Å². The standard InChI is InChI=1S/C22H25N3O3S/c1-3-5-19(22(27)25-10-8-20-17(14-25)9-11-29-20)24-21(26)15(2)28-18-7-4-6-16(12-18)13-23/h4,6-7,9,11-12,15,19H,3,5,8,10,14H2,1-2H3,(H,24,26). The molecule has 0 spiro atoms. The Morgan fingerprint density at radius 1 is 1.38 bits per heavy atom. The monoisotopic (exact) mass is 411 g/mol. The first-order chi connectivity index (χ1) is 14.0. The summed E-state index contributed by atoms with van der Waals surface area (Å²) in [6, 6.07) is 10.2. The Hall–Kier alpha value is -2.85. The van der Waals surface area contributed by atoms with Crippen molar-refractivity contribution in [3.63, 3.8) is 0 Å². The molecule has 6 nitrogen and oxygen atoms in total. The van der Waals surface area contributed by atoms with Crippen LogP contribution in [0.15, 0.2) is 35.7 Å². The smallest absolute Gasteiger partial charge is 0.261 e. The molecule has 0 fully saturated rings. The van der Waals surface area contributed by atoms with Gasteiger partial charge in [0, 0.05) is 18.0 Å². The Bertz CT molecular complexity index is 918. The zero-order valence-electron chi connectivity index (χ0n) is 16.7. The van der Waals surface area contributed by atoms with Gasteiger partial charge in [-0.1, -0.05) is 19.4 Å². The molecule has 1 aliphatic heterocycles. The number of benzene rings is 1. The lowest BCUT2D eigenvalue weighted by Gasteiger charge is -2.31. The number of hydrogen-bond acceptors (Lipinski definition) is 5. The van der Waals surface area contributed by atoms with Crippen molar-refractivity contribution in [1.29, 1.82) is 5.26 Å². The lowest BCUT2D eigenvalue weighted by Crippen LogP contribution is -2.52. The molecular weight excluding hydrogens is 386 g/mol. The van der Waals surface area contributed by atoms with Crippen LogP contribution in [0.4, 0.5) is 0 Å². The maximum atomic E-state index is 13.1. The van der Waals surface area contributed by atoms with E-state index in [1.807, 2.05) is 17.9 Å². The number of fused-ring (bicyclic) bond motifs is 1. The van der Waals surface area contributed by atoms with Crippen molar-refractivity contribution in [2.75, 3.05) is 6.54 Å². The minimum atomic E-state index is -0.777. The van der Waals surface area contributed by atoms with Gasteiger partial charge < -0.3 is 15.0 Å². The molecule has 3 rings (SSSR count). The van der Waals surface area contributed by atoms with E-state index >= 15 is 0 Å². The van der Waals surface area contributed by atoms with Crippen molar-refractivity contribution >= 4 is 23.2 Å². The van der Waals surface area contributed by atoms with Crippen molar-refractivity contribution in [2.45, 2.75) is 51.8 Å². The summed E-state index contributed by atoms with van der Waals surface area (Å²) in [6.45, 7) is 4.91. The third-order valence-corrected chi connectivity index (χ3v) is 5.98. The van der Waals surface area contributed by atoms with Gasteiger partial charge in [-0.05, 0) is 55.0 Å². The Morgan fingerprint density at radius 3 is 2.97 bits per heavy atom. The van der Waals surface area contributed by atoms with E-state index in [0.29, 0.717) is 30.8 Å². The molecule has 2 amide bonds. The molecular formula is C22H25N3O3S. The molecule has 2 heterocycles. The molecule has 152 valence electrons. The molecule has 2 atom stereocenters. The predicted molar refractivity (Wildman–Crippen MR) is 112 cm³/mol. The Morgan fingerprint density at radius 2 is 2.21 bits per heavy atom. The first kappa shape index (κ1) is 20.9. The van der Waals surface area contributed by atoms with E-state index in [1.54, 1.807) is 42.5 Å². The van der Waals surface area contributed by atoms with Crippen molar-refractivity contribution in [2.24, 2.45) is 0 Å². The van der Waals surface area contributed by atoms with E-state index in [-0.39, 0.29) is 11.8 Å². The van der Waals surface area contributed by atoms with E-state index in [2.05, 4.69) is 16.8 Å². The molecule has 7 heteroatoms. The van der Waals surface area contributed by atoms with Crippen LogP contribution in [0, 0.1) is 11.3 Å². The zero-order valence-corrected chi connectivity index (χ0v) is 17.5. The second-order valence-electron chi connectivity index (χ2n) is 7.13. The molecule has 29 heavy (non-hydrogen) atoms. The highest BCUT2D eigenvalue weighted by Crippen LogP contribution is 2.24. The van der Waals surface area contributed by atoms with E-state index in [1.165, 1.54) is 10.4 Å². The fraction of sp³-hybridized carbons (Fsp3) is 0.409. The van der Waals surface area contributed by atoms with Crippen molar-refractivity contribution in [3.8, 4) is 11.8 Å². The van der Waals surface area contributed by atoms with Crippen LogP contribution >= 0.6 is 11.3 Å². The van der Waals surface area contributed by atoms with E-state index in [9.17, 15) is 9.59 Å². The number of ether oxygens (including phenoxy) is 1. The van der Waals surface area contributed by atoms with Gasteiger partial charge in [0.2, 0.25) is 5.91 Å². The molecule has 1 aliphatic rings. The third-order valence-electron chi connectivity index (χ3n) is 4.96. The number of carbonyl (C=O) groups excluding carboxylic acids is 2. The number of amides is 2. The van der Waals surface area contributed by atoms with Crippen molar-refractivity contribution in [1.82, 2.24) is 10.2 Å². The first-order valence-electron chi connectivity index (χ1n) is 9.83. The molecule has 1 aromatic heterocycles. The fourth-order valence-electron chi connectivity index (χ4n) is 3.39. The van der Waals surface area contributed by atoms with Crippen LogP contribution in [0.1, 0.15) is 42.7 Å². The second-order valence-corrected chi connectivity index (χ2v) is 8.13. The predicted octanol–water partition coefficient (Wildman–Crippen LogP) is 3.26. The van der Waals surface area contributed by atoms with Gasteiger partial charge in [0.25, 0.3) is 5.91 Å². The molecule has 1 aromatic carbocycles. The van der Waals surface area contributed by atoms with Gasteiger partial charge in [-0.3, -0.25) is 9.59 Å². The molecule has 0 aliphatic carbocycles. The zero-order chi connectivity index (χ0) is 20.8. The van der Waals surface area contributed by atoms with Gasteiger partial charge >= 0.3 is 0 Å². The average molecular weight is 412 g/mol. The summed E-state index contributed by atoms with van der Waals surface area (Å²) in [4.78, 5) is 28.9. The number of carbonyl (C=O) groups is 2. The van der Waals surface area contributed by atoms with Gasteiger partial charge in [0.15, 0.2) is 6.10 Å². The van der Waals surface area contributed by atoms with Crippen LogP contribution in [0.2, 0.25) is 0 Å². The third kappa shape index (κ3) is 5.15. The highest BCUT2D eigenvalue weighted by molar-refractivity contribution is 7.10. The molecule has 0 saturated carbocycles. The minimum Gasteiger partial charge on any atom is -0.481 e. The van der Waals surface area contributed by atoms with Crippen LogP contribution in [0.5, 0.6) is 5.75 Å². The topological polar surface area (TPSA) is 82.4 Å². The molecule has 2 aromatic rings. The van der Waals surface area contributed by atoms with Gasteiger partial charge in [-0.2, -0.15) is 5.26 Å². The summed E-state index contributed by atoms with van der Waals surface area (Å²) in [5, 5.41) is 13.9. The first-order valence-corrected chi connectivity index (χ1v) is 10.7. The van der Waals surface area contributed by atoms with Crippen LogP contribution in [0.3, 0.4) is 0 Å². The van der Waals surface area contributed by atoms with Gasteiger partial charge in [-0.25, -0.2) is 0 Å². The number of nitrogens with zero attached hydrogens (tertiary/aromatic N) is 2. The van der Waals surface area contributed by atoms with E-state index < -0.39 is 12.1 Å². The number of rotatable bonds is 7. The SMILES string of the molecule is CCCC(NC(=O)C(C)Oc1cccc(C#N)c1)C(=O)N1CCc2sccc2C1. The summed E-state index contributed by atoms with van der Waals surface area (Å²) < 4.78 is 5.67. The van der Waals surface area contributed by atoms with Crippen LogP contribution in [-0.4, -0.2) is 35.4 Å². The Labute approximate surface area is 175 Å². The number of nitrogens with one attached hydrogen (secondary N) is 1. The van der Waals surface area contributed by atoms with Crippen LogP contribution in [0.25, 0.3) is 0 Å². The average Bonchev–Trinajstić information content (AvgIpc) is 3.20. The molecule has 2 unspecified atom stereocenters. The summed E-state index contributed by atoms with van der Waals surface area (Å²) in [5.74, 6) is 0.0641.